The summed E-state index contributed by atoms with van der Waals surface area (Å²) in [5.74, 6) is 0. The number of methoxy groups -OCH3 is 1. The maximum atomic E-state index is 8.00. The van der Waals surface area contributed by atoms with Crippen LogP contribution in [0.3, 0.4) is 0 Å². The first-order valence-electron chi connectivity index (χ1n) is 6.61. The van der Waals surface area contributed by atoms with Crippen LogP contribution in [0.1, 0.15) is 55.4 Å². The first kappa shape index (κ1) is 64.7. The first-order valence-corrected chi connectivity index (χ1v) is 6.61. The summed E-state index contributed by atoms with van der Waals surface area (Å²) >= 11 is 0. The zero-order valence-electron chi connectivity index (χ0n) is 15.8. The Bertz CT molecular complexity index is 24.4. The van der Waals surface area contributed by atoms with E-state index >= 15 is 0 Å². The fourth-order valence-corrected chi connectivity index (χ4v) is 0. The molecule has 0 heterocycles. The Kier molecular flexibility index (Phi) is 641000. The van der Waals surface area contributed by atoms with Gasteiger partial charge in [-0.2, -0.15) is 0 Å². The molecule has 0 aliphatic heterocycles. The monoisotopic (exact) mass is 280 g/mol. The maximum Gasteiger partial charge on any atom is 0.106 e. The highest BCUT2D eigenvalue weighted by atomic mass is 16.4. The fraction of sp³-hybridized carbons (Fsp3) is 0.588. The van der Waals surface area contributed by atoms with Crippen LogP contribution in [0.2, 0.25) is 0 Å². The van der Waals surface area contributed by atoms with E-state index in [2.05, 4.69) is 44.2 Å². The van der Waals surface area contributed by atoms with Crippen molar-refractivity contribution >= 4 is 6.79 Å². The van der Waals surface area contributed by atoms with Crippen LogP contribution < -0.4 is 0 Å². The lowest BCUT2D eigenvalue weighted by Gasteiger charge is -1.61. The van der Waals surface area contributed by atoms with E-state index in [9.17, 15) is 0 Å². The van der Waals surface area contributed by atoms with Crippen LogP contribution in [0, 0.1) is 0 Å². The zero-order chi connectivity index (χ0) is 18.7. The van der Waals surface area contributed by atoms with Gasteiger partial charge in [-0.05, 0) is 0 Å². The van der Waals surface area contributed by atoms with Crippen molar-refractivity contribution in [3.63, 3.8) is 0 Å². The van der Waals surface area contributed by atoms with Gasteiger partial charge in [0, 0.05) is 14.2 Å². The molecule has 0 bridgehead atoms. The minimum atomic E-state index is 1.62. The molecule has 0 rings (SSSR count). The topological polar surface area (TPSA) is 26.3 Å². The number of carbonyl (C=O) groups excluding carboxylic acids is 1. The molecule has 0 aromatic carbocycles. The first-order chi connectivity index (χ1) is 9.41. The average Bonchev–Trinajstić information content (AvgIpc) is 2.62. The third kappa shape index (κ3) is 2810. The van der Waals surface area contributed by atoms with Crippen molar-refractivity contribution in [2.75, 3.05) is 14.2 Å². The lowest BCUT2D eigenvalue weighted by molar-refractivity contribution is -0.0979. The van der Waals surface area contributed by atoms with Gasteiger partial charge in [0.25, 0.3) is 0 Å². The summed E-state index contributed by atoms with van der Waals surface area (Å²) < 4.78 is 4.25. The Morgan fingerprint density at radius 2 is 0.474 bits per heavy atom. The Morgan fingerprint density at radius 3 is 0.474 bits per heavy atom. The molecule has 2 heteroatoms. The second kappa shape index (κ2) is 188000. The zero-order valence-corrected chi connectivity index (χ0v) is 15.8. The highest BCUT2D eigenvalue weighted by Gasteiger charge is 1.25. The Hall–Kier alpha value is -1.15. The molecule has 2 nitrogen and oxygen atoms in total. The third-order valence-electron chi connectivity index (χ3n) is 0. The summed E-state index contributed by atoms with van der Waals surface area (Å²) in [6.45, 7) is 36.0. The Labute approximate surface area is 126 Å². The molecule has 0 saturated carbocycles. The number of hydrogen-bond donors (Lipinski definition) is 0. The van der Waals surface area contributed by atoms with Gasteiger partial charge in [0.15, 0.2) is 0 Å². The summed E-state index contributed by atoms with van der Waals surface area (Å²) in [6.07, 6.45) is 0. The van der Waals surface area contributed by atoms with Crippen LogP contribution in [-0.4, -0.2) is 21.0 Å². The van der Waals surface area contributed by atoms with E-state index in [0.717, 1.165) is 0 Å². The van der Waals surface area contributed by atoms with E-state index in [-0.39, 0.29) is 0 Å². The van der Waals surface area contributed by atoms with Gasteiger partial charge in [0.2, 0.25) is 0 Å². The van der Waals surface area contributed by atoms with E-state index in [4.69, 9.17) is 4.79 Å². The molecule has 0 aromatic heterocycles. The molecule has 124 valence electrons. The predicted octanol–water partition coefficient (Wildman–Crippen LogP) is 6.59. The van der Waals surface area contributed by atoms with E-state index in [1.165, 1.54) is 0 Å². The van der Waals surface area contributed by atoms with Crippen molar-refractivity contribution in [3.8, 4) is 0 Å². The molecule has 0 radical (unpaired) electrons. The van der Waals surface area contributed by atoms with Crippen LogP contribution in [0.5, 0.6) is 0 Å². The van der Waals surface area contributed by atoms with Gasteiger partial charge in [0.1, 0.15) is 6.79 Å². The van der Waals surface area contributed by atoms with Crippen LogP contribution in [0.15, 0.2) is 39.5 Å². The molecule has 0 atom stereocenters. The summed E-state index contributed by atoms with van der Waals surface area (Å²) in [5, 5.41) is 0. The normalized spacial score (nSPS) is 3.05. The van der Waals surface area contributed by atoms with Crippen LogP contribution >= 0.6 is 0 Å². The highest BCUT2D eigenvalue weighted by Crippen LogP contribution is 1.28. The Morgan fingerprint density at radius 1 is 0.474 bits per heavy atom. The molecule has 0 aliphatic rings. The van der Waals surface area contributed by atoms with Crippen molar-refractivity contribution in [3.05, 3.63) is 39.5 Å². The van der Waals surface area contributed by atoms with Crippen molar-refractivity contribution in [2.24, 2.45) is 0 Å². The minimum absolute atomic E-state index is 1.62. The number of carbonyl (C=O) groups is 1. The summed E-state index contributed by atoms with van der Waals surface area (Å²) in [7, 11) is 3.25. The Balaban J connectivity index is -0.00000000851. The average molecular weight is 281 g/mol. The van der Waals surface area contributed by atoms with E-state index in [1.807, 2.05) is 62.2 Å². The molecule has 0 aromatic rings. The lowest BCUT2D eigenvalue weighted by Crippen LogP contribution is -1.55. The SMILES string of the molecule is C=C.C=C.C=C.C=O.CC.CC.CC.CC.COC. The molecule has 0 fully saturated rings. The molecule has 0 unspecified atom stereocenters. The van der Waals surface area contributed by atoms with Crippen molar-refractivity contribution in [2.45, 2.75) is 55.4 Å². The lowest BCUT2D eigenvalue weighted by atomic mass is 11.0. The second-order valence-electron chi connectivity index (χ2n) is 0.408. The van der Waals surface area contributed by atoms with Crippen LogP contribution in [-0.2, 0) is 9.53 Å². The maximum absolute atomic E-state index is 8.00. The smallest absolute Gasteiger partial charge is 0.106 e. The number of ether oxygens (including phenoxy) is 1. The highest BCUT2D eigenvalue weighted by molar-refractivity contribution is 5.10. The second-order valence-corrected chi connectivity index (χ2v) is 0.408. The molecule has 0 aliphatic carbocycles. The van der Waals surface area contributed by atoms with Crippen LogP contribution in [0.25, 0.3) is 0 Å². The molecule has 19 heavy (non-hydrogen) atoms. The summed E-state index contributed by atoms with van der Waals surface area (Å²) in [5.41, 5.74) is 0. The quantitative estimate of drug-likeness (QED) is 0.468. The van der Waals surface area contributed by atoms with Gasteiger partial charge in [-0.3, -0.25) is 0 Å². The van der Waals surface area contributed by atoms with Crippen molar-refractivity contribution < 1.29 is 9.53 Å². The van der Waals surface area contributed by atoms with E-state index in [0.29, 0.717) is 0 Å². The van der Waals surface area contributed by atoms with Gasteiger partial charge in [0.05, 0.1) is 0 Å². The standard InChI is InChI=1S/C2H6O.4C2H6.3C2H4.CH2O/c1-3-2;8*1-2/h1-2H3;4*1-2H3;3*1-2H2;1H2. The summed E-state index contributed by atoms with van der Waals surface area (Å²) in [4.78, 5) is 8.00. The molecular weight excluding hydrogens is 236 g/mol. The largest absolute Gasteiger partial charge is 0.388 e. The van der Waals surface area contributed by atoms with Gasteiger partial charge in [-0.25, -0.2) is 0 Å². The molecule has 0 N–H and O–H groups in total. The van der Waals surface area contributed by atoms with Crippen LogP contribution in [0.4, 0.5) is 0 Å². The van der Waals surface area contributed by atoms with E-state index < -0.39 is 0 Å². The number of rotatable bonds is 0. The van der Waals surface area contributed by atoms with Crippen molar-refractivity contribution in [1.29, 1.82) is 0 Å². The molecule has 0 saturated heterocycles. The predicted molar refractivity (Wildman–Crippen MR) is 99.2 cm³/mol. The molecule has 0 spiro atoms. The van der Waals surface area contributed by atoms with Gasteiger partial charge in [-0.1, -0.05) is 55.4 Å². The van der Waals surface area contributed by atoms with E-state index in [1.54, 1.807) is 14.2 Å². The number of hydrogen-bond acceptors (Lipinski definition) is 2. The van der Waals surface area contributed by atoms with Gasteiger partial charge >= 0.3 is 0 Å². The minimum Gasteiger partial charge on any atom is -0.388 e. The fourth-order valence-electron chi connectivity index (χ4n) is 0. The molecular formula is C17H44O2. The van der Waals surface area contributed by atoms with Gasteiger partial charge < -0.3 is 9.53 Å². The van der Waals surface area contributed by atoms with Crippen molar-refractivity contribution in [1.82, 2.24) is 0 Å². The third-order valence-corrected chi connectivity index (χ3v) is 0. The molecule has 0 amide bonds. The summed E-state index contributed by atoms with van der Waals surface area (Å²) in [6, 6.07) is 0. The van der Waals surface area contributed by atoms with Gasteiger partial charge in [-0.15, -0.1) is 39.5 Å².